The van der Waals surface area contributed by atoms with Crippen LogP contribution in [0.3, 0.4) is 0 Å². The predicted octanol–water partition coefficient (Wildman–Crippen LogP) is 4.37. The van der Waals surface area contributed by atoms with Gasteiger partial charge in [0.1, 0.15) is 17.1 Å². The largest absolute Gasteiger partial charge is 0.492 e. The van der Waals surface area contributed by atoms with Gasteiger partial charge in [0, 0.05) is 49.7 Å². The Kier molecular flexibility index (Phi) is 7.13. The number of rotatable bonds is 7. The van der Waals surface area contributed by atoms with E-state index in [1.165, 1.54) is 0 Å². The Morgan fingerprint density at radius 1 is 1.09 bits per heavy atom. The lowest BCUT2D eigenvalue weighted by atomic mass is 9.85. The van der Waals surface area contributed by atoms with Crippen molar-refractivity contribution in [3.05, 3.63) is 54.1 Å². The molecule has 0 radical (unpaired) electrons. The number of likely N-dealkylation sites (N-methyl/N-ethyl adjacent to an activating group) is 1. The van der Waals surface area contributed by atoms with Crippen molar-refractivity contribution in [2.75, 3.05) is 44.7 Å². The lowest BCUT2D eigenvalue weighted by Gasteiger charge is -2.44. The van der Waals surface area contributed by atoms with Gasteiger partial charge >= 0.3 is 0 Å². The molecule has 4 rings (SSSR count). The Morgan fingerprint density at radius 2 is 1.78 bits per heavy atom. The van der Waals surface area contributed by atoms with Crippen LogP contribution in [0.15, 0.2) is 53.4 Å². The van der Waals surface area contributed by atoms with E-state index in [9.17, 15) is 4.79 Å². The molecule has 2 aliphatic heterocycles. The SMILES string of the molecule is CCC(COc1ccccc1C1(C(C)C)Sc2ccccc2N(C)C1=O)N1CCNCC1. The molecule has 0 aromatic heterocycles. The molecule has 6 heteroatoms. The molecule has 2 heterocycles. The third-order valence-electron chi connectivity index (χ3n) is 6.79. The lowest BCUT2D eigenvalue weighted by molar-refractivity contribution is -0.122. The number of amides is 1. The molecule has 0 saturated carbocycles. The Hall–Kier alpha value is -2.02. The first-order valence-electron chi connectivity index (χ1n) is 11.7. The number of fused-ring (bicyclic) bond motifs is 1. The second kappa shape index (κ2) is 9.86. The topological polar surface area (TPSA) is 44.8 Å². The molecule has 5 nitrogen and oxygen atoms in total. The average molecular weight is 454 g/mol. The number of piperazine rings is 1. The van der Waals surface area contributed by atoms with Crippen molar-refractivity contribution in [3.63, 3.8) is 0 Å². The zero-order valence-corrected chi connectivity index (χ0v) is 20.5. The highest BCUT2D eigenvalue weighted by Gasteiger charge is 2.51. The van der Waals surface area contributed by atoms with Gasteiger partial charge in [0.25, 0.3) is 0 Å². The molecule has 0 bridgehead atoms. The van der Waals surface area contributed by atoms with Crippen LogP contribution in [0.5, 0.6) is 5.75 Å². The van der Waals surface area contributed by atoms with Crippen LogP contribution in [0, 0.1) is 5.92 Å². The number of carbonyl (C=O) groups excluding carboxylic acids is 1. The quantitative estimate of drug-likeness (QED) is 0.675. The van der Waals surface area contributed by atoms with E-state index in [0.29, 0.717) is 12.6 Å². The van der Waals surface area contributed by atoms with Gasteiger partial charge in [-0.15, -0.1) is 11.8 Å². The van der Waals surface area contributed by atoms with E-state index < -0.39 is 4.75 Å². The van der Waals surface area contributed by atoms with Crippen LogP contribution in [0.1, 0.15) is 32.8 Å². The van der Waals surface area contributed by atoms with Gasteiger partial charge in [0.05, 0.1) is 5.69 Å². The number of anilines is 1. The zero-order valence-electron chi connectivity index (χ0n) is 19.6. The first kappa shape index (κ1) is 23.1. The molecular formula is C26H35N3O2S. The number of benzene rings is 2. The summed E-state index contributed by atoms with van der Waals surface area (Å²) in [6.07, 6.45) is 1.04. The van der Waals surface area contributed by atoms with Crippen molar-refractivity contribution in [1.29, 1.82) is 0 Å². The summed E-state index contributed by atoms with van der Waals surface area (Å²) in [5.41, 5.74) is 1.95. The zero-order chi connectivity index (χ0) is 22.7. The summed E-state index contributed by atoms with van der Waals surface area (Å²) in [7, 11) is 1.89. The maximum Gasteiger partial charge on any atom is 0.248 e. The molecule has 1 fully saturated rings. The van der Waals surface area contributed by atoms with Crippen LogP contribution >= 0.6 is 11.8 Å². The number of para-hydroxylation sites is 2. The van der Waals surface area contributed by atoms with E-state index >= 15 is 0 Å². The van der Waals surface area contributed by atoms with Gasteiger partial charge in [-0.25, -0.2) is 0 Å². The summed E-state index contributed by atoms with van der Waals surface area (Å²) in [6.45, 7) is 11.3. The Bertz CT molecular complexity index is 944. The maximum atomic E-state index is 13.9. The lowest BCUT2D eigenvalue weighted by Crippen LogP contribution is -2.50. The van der Waals surface area contributed by atoms with Crippen molar-refractivity contribution >= 4 is 23.4 Å². The van der Waals surface area contributed by atoms with Crippen LogP contribution in [-0.2, 0) is 9.54 Å². The van der Waals surface area contributed by atoms with Gasteiger partial charge in [-0.2, -0.15) is 0 Å². The minimum atomic E-state index is -0.726. The Morgan fingerprint density at radius 3 is 2.50 bits per heavy atom. The summed E-state index contributed by atoms with van der Waals surface area (Å²) < 4.78 is 5.77. The van der Waals surface area contributed by atoms with Gasteiger partial charge in [0.15, 0.2) is 0 Å². The van der Waals surface area contributed by atoms with E-state index in [4.69, 9.17) is 4.74 Å². The van der Waals surface area contributed by atoms with Crippen LogP contribution in [0.4, 0.5) is 5.69 Å². The first-order chi connectivity index (χ1) is 15.5. The monoisotopic (exact) mass is 453 g/mol. The minimum absolute atomic E-state index is 0.0932. The number of nitrogens with zero attached hydrogens (tertiary/aromatic N) is 2. The molecule has 1 N–H and O–H groups in total. The fourth-order valence-electron chi connectivity index (χ4n) is 4.86. The number of ether oxygens (including phenoxy) is 1. The average Bonchev–Trinajstić information content (AvgIpc) is 2.83. The molecule has 1 saturated heterocycles. The van der Waals surface area contributed by atoms with Crippen LogP contribution in [-0.4, -0.2) is 56.7 Å². The summed E-state index contributed by atoms with van der Waals surface area (Å²) in [5, 5.41) is 3.43. The summed E-state index contributed by atoms with van der Waals surface area (Å²) in [6, 6.07) is 16.7. The van der Waals surface area contributed by atoms with E-state index in [1.54, 1.807) is 11.8 Å². The van der Waals surface area contributed by atoms with Gasteiger partial charge < -0.3 is 15.0 Å². The van der Waals surface area contributed by atoms with E-state index in [-0.39, 0.29) is 11.8 Å². The second-order valence-corrected chi connectivity index (χ2v) is 10.3. The highest BCUT2D eigenvalue weighted by atomic mass is 32.2. The molecule has 2 aromatic carbocycles. The summed E-state index contributed by atoms with van der Waals surface area (Å²) in [5.74, 6) is 1.03. The number of carbonyl (C=O) groups is 1. The van der Waals surface area contributed by atoms with Gasteiger partial charge in [-0.3, -0.25) is 9.69 Å². The van der Waals surface area contributed by atoms with Crippen LogP contribution in [0.25, 0.3) is 0 Å². The fourth-order valence-corrected chi connectivity index (χ4v) is 6.40. The smallest absolute Gasteiger partial charge is 0.248 e. The van der Waals surface area contributed by atoms with Gasteiger partial charge in [-0.1, -0.05) is 51.1 Å². The molecule has 32 heavy (non-hydrogen) atoms. The van der Waals surface area contributed by atoms with Crippen LogP contribution < -0.4 is 15.0 Å². The first-order valence-corrected chi connectivity index (χ1v) is 12.5. The second-order valence-electron chi connectivity index (χ2n) is 8.98. The molecule has 0 spiro atoms. The normalized spacial score (nSPS) is 22.7. The van der Waals surface area contributed by atoms with Crippen molar-refractivity contribution < 1.29 is 9.53 Å². The number of thioether (sulfide) groups is 1. The molecular weight excluding hydrogens is 418 g/mol. The van der Waals surface area contributed by atoms with Gasteiger partial charge in [-0.05, 0) is 30.5 Å². The third kappa shape index (κ3) is 4.16. The fraction of sp³-hybridized carbons (Fsp3) is 0.500. The van der Waals surface area contributed by atoms with E-state index in [0.717, 1.165) is 54.5 Å². The third-order valence-corrected chi connectivity index (χ3v) is 8.54. The molecule has 2 aromatic rings. The molecule has 0 aliphatic carbocycles. The molecule has 2 aliphatic rings. The highest BCUT2D eigenvalue weighted by Crippen LogP contribution is 2.56. The molecule has 2 atom stereocenters. The van der Waals surface area contributed by atoms with Crippen molar-refractivity contribution in [1.82, 2.24) is 10.2 Å². The molecule has 1 amide bonds. The van der Waals surface area contributed by atoms with Crippen molar-refractivity contribution in [3.8, 4) is 5.75 Å². The number of nitrogens with one attached hydrogen (secondary N) is 1. The maximum absolute atomic E-state index is 13.9. The standard InChI is InChI=1S/C26H35N3O2S/c1-5-20(29-16-14-27-15-17-29)18-31-23-12-8-6-10-21(23)26(19(2)3)25(30)28(4)22-11-7-9-13-24(22)32-26/h6-13,19-20,27H,5,14-18H2,1-4H3. The predicted molar refractivity (Wildman–Crippen MR) is 133 cm³/mol. The van der Waals surface area contributed by atoms with Gasteiger partial charge in [0.2, 0.25) is 5.91 Å². The van der Waals surface area contributed by atoms with E-state index in [1.807, 2.05) is 48.3 Å². The summed E-state index contributed by atoms with van der Waals surface area (Å²) in [4.78, 5) is 19.3. The van der Waals surface area contributed by atoms with E-state index in [2.05, 4.69) is 43.1 Å². The minimum Gasteiger partial charge on any atom is -0.492 e. The number of hydrogen-bond acceptors (Lipinski definition) is 5. The molecule has 2 unspecified atom stereocenters. The van der Waals surface area contributed by atoms with Crippen molar-refractivity contribution in [2.24, 2.45) is 5.92 Å². The summed E-state index contributed by atoms with van der Waals surface area (Å²) >= 11 is 1.67. The Labute approximate surface area is 196 Å². The number of hydrogen-bond donors (Lipinski definition) is 1. The molecule has 172 valence electrons. The van der Waals surface area contributed by atoms with Crippen molar-refractivity contribution in [2.45, 2.75) is 42.9 Å². The Balaban J connectivity index is 1.67. The van der Waals surface area contributed by atoms with Crippen LogP contribution in [0.2, 0.25) is 0 Å². The highest BCUT2D eigenvalue weighted by molar-refractivity contribution is 8.01.